The molecular weight excluding hydrogens is 236 g/mol. The van der Waals surface area contributed by atoms with E-state index in [1.165, 1.54) is 25.7 Å². The summed E-state index contributed by atoms with van der Waals surface area (Å²) in [6, 6.07) is 0. The van der Waals surface area contributed by atoms with E-state index in [0.29, 0.717) is 5.92 Å². The molecule has 4 heteroatoms. The van der Waals surface area contributed by atoms with E-state index in [-0.39, 0.29) is 18.5 Å². The van der Waals surface area contributed by atoms with Crippen molar-refractivity contribution in [2.45, 2.75) is 38.7 Å². The van der Waals surface area contributed by atoms with Gasteiger partial charge in [0.2, 0.25) is 0 Å². The van der Waals surface area contributed by atoms with E-state index >= 15 is 0 Å². The Morgan fingerprint density at radius 2 is 2.06 bits per heavy atom. The van der Waals surface area contributed by atoms with Crippen molar-refractivity contribution in [3.63, 3.8) is 0 Å². The molecule has 3 N–H and O–H groups in total. The van der Waals surface area contributed by atoms with Crippen LogP contribution in [-0.4, -0.2) is 37.4 Å². The monoisotopic (exact) mass is 262 g/mol. The quantitative estimate of drug-likeness (QED) is 0.718. The van der Waals surface area contributed by atoms with E-state index in [1.54, 1.807) is 0 Å². The fourth-order valence-corrected chi connectivity index (χ4v) is 3.15. The molecule has 0 aromatic carbocycles. The molecule has 1 saturated heterocycles. The summed E-state index contributed by atoms with van der Waals surface area (Å²) in [7, 11) is 0. The highest BCUT2D eigenvalue weighted by Crippen LogP contribution is 2.27. The average Bonchev–Trinajstić information content (AvgIpc) is 2.65. The lowest BCUT2D eigenvalue weighted by atomic mass is 9.82. The van der Waals surface area contributed by atoms with Gasteiger partial charge >= 0.3 is 0 Å². The Bertz CT molecular complexity index is 216. The molecule has 0 aromatic rings. The summed E-state index contributed by atoms with van der Waals surface area (Å²) in [5.74, 6) is 2.20. The maximum absolute atomic E-state index is 9.67. The lowest BCUT2D eigenvalue weighted by Crippen LogP contribution is -2.34. The number of aliphatic hydroxyl groups is 1. The van der Waals surface area contributed by atoms with E-state index in [4.69, 9.17) is 0 Å². The number of aliphatic hydroxyl groups excluding tert-OH is 1. The van der Waals surface area contributed by atoms with E-state index in [2.05, 4.69) is 17.6 Å². The van der Waals surface area contributed by atoms with Crippen molar-refractivity contribution < 1.29 is 5.11 Å². The van der Waals surface area contributed by atoms with Crippen molar-refractivity contribution >= 4 is 12.4 Å². The van der Waals surface area contributed by atoms with Crippen molar-refractivity contribution in [1.29, 1.82) is 0 Å². The second-order valence-corrected chi connectivity index (χ2v) is 5.78. The molecule has 0 aromatic heterocycles. The number of rotatable bonds is 4. The zero-order valence-electron chi connectivity index (χ0n) is 10.8. The molecule has 1 saturated carbocycles. The first-order chi connectivity index (χ1) is 7.75. The fraction of sp³-hybridized carbons (Fsp3) is 1.00. The molecule has 0 spiro atoms. The summed E-state index contributed by atoms with van der Waals surface area (Å²) in [5.41, 5.74) is 0. The molecule has 17 heavy (non-hydrogen) atoms. The van der Waals surface area contributed by atoms with Gasteiger partial charge in [-0.2, -0.15) is 0 Å². The van der Waals surface area contributed by atoms with Gasteiger partial charge in [0.25, 0.3) is 0 Å². The van der Waals surface area contributed by atoms with E-state index in [9.17, 15) is 5.11 Å². The Morgan fingerprint density at radius 3 is 2.71 bits per heavy atom. The summed E-state index contributed by atoms with van der Waals surface area (Å²) in [6.07, 6.45) is 5.46. The topological polar surface area (TPSA) is 44.3 Å². The molecule has 0 radical (unpaired) electrons. The van der Waals surface area contributed by atoms with Crippen LogP contribution in [0.3, 0.4) is 0 Å². The molecule has 2 fully saturated rings. The van der Waals surface area contributed by atoms with Crippen molar-refractivity contribution in [1.82, 2.24) is 10.6 Å². The first kappa shape index (κ1) is 15.2. The zero-order valence-corrected chi connectivity index (χ0v) is 11.6. The Kier molecular flexibility index (Phi) is 6.78. The van der Waals surface area contributed by atoms with Crippen molar-refractivity contribution in [2.24, 2.45) is 17.8 Å². The molecule has 0 amide bonds. The maximum Gasteiger partial charge on any atom is 0.0716 e. The van der Waals surface area contributed by atoms with E-state index in [0.717, 1.165) is 38.0 Å². The molecule has 1 heterocycles. The van der Waals surface area contributed by atoms with Crippen LogP contribution in [0.5, 0.6) is 0 Å². The molecule has 2 rings (SSSR count). The van der Waals surface area contributed by atoms with Gasteiger partial charge in [-0.15, -0.1) is 12.4 Å². The van der Waals surface area contributed by atoms with Crippen molar-refractivity contribution in [2.75, 3.05) is 26.2 Å². The van der Waals surface area contributed by atoms with Crippen LogP contribution in [0.2, 0.25) is 0 Å². The predicted molar refractivity (Wildman–Crippen MR) is 73.6 cm³/mol. The maximum atomic E-state index is 9.67. The Morgan fingerprint density at radius 1 is 1.24 bits per heavy atom. The third-order valence-electron chi connectivity index (χ3n) is 4.19. The lowest BCUT2D eigenvalue weighted by molar-refractivity contribution is 0.144. The molecule has 3 nitrogen and oxygen atoms in total. The van der Waals surface area contributed by atoms with Crippen LogP contribution in [0.1, 0.15) is 32.6 Å². The van der Waals surface area contributed by atoms with Crippen LogP contribution in [-0.2, 0) is 0 Å². The number of hydrogen-bond acceptors (Lipinski definition) is 3. The number of β-amino-alcohol motifs (C(OH)–C–C–N with tert-alkyl or cyclic N) is 1. The number of hydrogen-bond donors (Lipinski definition) is 3. The largest absolute Gasteiger partial charge is 0.391 e. The number of halogens is 1. The Hall–Kier alpha value is 0.170. The highest BCUT2D eigenvalue weighted by molar-refractivity contribution is 5.85. The van der Waals surface area contributed by atoms with Gasteiger partial charge < -0.3 is 15.7 Å². The fourth-order valence-electron chi connectivity index (χ4n) is 3.15. The van der Waals surface area contributed by atoms with Gasteiger partial charge in [0, 0.05) is 25.6 Å². The van der Waals surface area contributed by atoms with Crippen LogP contribution in [0, 0.1) is 17.8 Å². The Labute approximate surface area is 111 Å². The minimum Gasteiger partial charge on any atom is -0.391 e. The first-order valence-electron chi connectivity index (χ1n) is 6.85. The molecule has 1 aliphatic heterocycles. The van der Waals surface area contributed by atoms with Gasteiger partial charge in [-0.1, -0.05) is 19.8 Å². The summed E-state index contributed by atoms with van der Waals surface area (Å²) in [6.45, 7) is 6.23. The molecule has 4 atom stereocenters. The van der Waals surface area contributed by atoms with Crippen LogP contribution in [0.25, 0.3) is 0 Å². The smallest absolute Gasteiger partial charge is 0.0716 e. The van der Waals surface area contributed by atoms with E-state index < -0.39 is 0 Å². The van der Waals surface area contributed by atoms with E-state index in [1.807, 2.05) is 0 Å². The summed E-state index contributed by atoms with van der Waals surface area (Å²) in [5, 5.41) is 16.4. The van der Waals surface area contributed by atoms with Crippen LogP contribution >= 0.6 is 12.4 Å². The molecule has 0 bridgehead atoms. The SMILES string of the molecule is CC1CCCC(CNCC2CNCC2O)C1.Cl. The highest BCUT2D eigenvalue weighted by Gasteiger charge is 2.25. The van der Waals surface area contributed by atoms with Gasteiger partial charge in [-0.3, -0.25) is 0 Å². The van der Waals surface area contributed by atoms with Crippen molar-refractivity contribution in [3.8, 4) is 0 Å². The summed E-state index contributed by atoms with van der Waals surface area (Å²) >= 11 is 0. The first-order valence-corrected chi connectivity index (χ1v) is 6.85. The van der Waals surface area contributed by atoms with Crippen molar-refractivity contribution in [3.05, 3.63) is 0 Å². The molecule has 1 aliphatic carbocycles. The summed E-state index contributed by atoms with van der Waals surface area (Å²) in [4.78, 5) is 0. The van der Waals surface area contributed by atoms with Crippen LogP contribution in [0.15, 0.2) is 0 Å². The average molecular weight is 263 g/mol. The Balaban J connectivity index is 0.00000144. The minimum atomic E-state index is -0.141. The van der Waals surface area contributed by atoms with Gasteiger partial charge in [0.1, 0.15) is 0 Å². The second kappa shape index (κ2) is 7.57. The third-order valence-corrected chi connectivity index (χ3v) is 4.19. The summed E-state index contributed by atoms with van der Waals surface area (Å²) < 4.78 is 0. The number of nitrogens with one attached hydrogen (secondary N) is 2. The predicted octanol–water partition coefficient (Wildman–Crippen LogP) is 1.40. The second-order valence-electron chi connectivity index (χ2n) is 5.78. The lowest BCUT2D eigenvalue weighted by Gasteiger charge is -2.27. The molecule has 2 aliphatic rings. The third kappa shape index (κ3) is 4.74. The normalized spacial score (nSPS) is 37.8. The van der Waals surface area contributed by atoms with Crippen LogP contribution < -0.4 is 10.6 Å². The standard InChI is InChI=1S/C13H26N2O.ClH/c1-10-3-2-4-11(5-10)6-14-7-12-8-15-9-13(12)16;/h10-16H,2-9H2,1H3;1H. The molecule has 102 valence electrons. The molecular formula is C13H27ClN2O. The minimum absolute atomic E-state index is 0. The van der Waals surface area contributed by atoms with Crippen LogP contribution in [0.4, 0.5) is 0 Å². The highest BCUT2D eigenvalue weighted by atomic mass is 35.5. The van der Waals surface area contributed by atoms with Gasteiger partial charge in [-0.25, -0.2) is 0 Å². The van der Waals surface area contributed by atoms with Gasteiger partial charge in [0.05, 0.1) is 6.10 Å². The zero-order chi connectivity index (χ0) is 11.4. The van der Waals surface area contributed by atoms with Gasteiger partial charge in [-0.05, 0) is 31.2 Å². The van der Waals surface area contributed by atoms with Gasteiger partial charge in [0.15, 0.2) is 0 Å². The molecule has 4 unspecified atom stereocenters.